The highest BCUT2D eigenvalue weighted by atomic mass is 19.1. The predicted octanol–water partition coefficient (Wildman–Crippen LogP) is 2.41. The highest BCUT2D eigenvalue weighted by molar-refractivity contribution is 5.49. The molecule has 0 spiro atoms. The van der Waals surface area contributed by atoms with Crippen molar-refractivity contribution < 1.29 is 8.78 Å². The van der Waals surface area contributed by atoms with Gasteiger partial charge in [0.2, 0.25) is 0 Å². The second kappa shape index (κ2) is 5.48. The highest BCUT2D eigenvalue weighted by Gasteiger charge is 2.25. The normalized spacial score (nSPS) is 16.0. The predicted molar refractivity (Wildman–Crippen MR) is 67.2 cm³/mol. The molecule has 1 aromatic rings. The zero-order valence-electron chi connectivity index (χ0n) is 10.4. The molecule has 1 heterocycles. The van der Waals surface area contributed by atoms with Gasteiger partial charge in [0.15, 0.2) is 23.3 Å². The fourth-order valence-electron chi connectivity index (χ4n) is 2.56. The number of hydrazine groups is 1. The van der Waals surface area contributed by atoms with Gasteiger partial charge in [0.1, 0.15) is 0 Å². The molecule has 0 aliphatic heterocycles. The van der Waals surface area contributed by atoms with Gasteiger partial charge in [-0.05, 0) is 19.8 Å². The molecule has 2 rings (SSSR count). The van der Waals surface area contributed by atoms with Crippen molar-refractivity contribution in [3.63, 3.8) is 0 Å². The van der Waals surface area contributed by atoms with Crippen LogP contribution in [-0.4, -0.2) is 17.6 Å². The molecular weight excluding hydrogens is 238 g/mol. The van der Waals surface area contributed by atoms with Crippen molar-refractivity contribution in [3.8, 4) is 0 Å². The maximum atomic E-state index is 13.8. The van der Waals surface area contributed by atoms with E-state index in [2.05, 4.69) is 10.4 Å². The summed E-state index contributed by atoms with van der Waals surface area (Å²) in [5.74, 6) is 3.81. The van der Waals surface area contributed by atoms with Gasteiger partial charge in [0.25, 0.3) is 0 Å². The van der Waals surface area contributed by atoms with Gasteiger partial charge in [-0.2, -0.15) is 0 Å². The number of nitrogen functional groups attached to an aromatic ring is 1. The van der Waals surface area contributed by atoms with Crippen molar-refractivity contribution in [3.05, 3.63) is 17.7 Å². The molecule has 6 heteroatoms. The van der Waals surface area contributed by atoms with E-state index in [-0.39, 0.29) is 17.7 Å². The van der Waals surface area contributed by atoms with E-state index in [1.165, 1.54) is 0 Å². The number of hydrogen-bond acceptors (Lipinski definition) is 4. The smallest absolute Gasteiger partial charge is 0.178 e. The molecular formula is C12H18F2N4. The number of anilines is 2. The Hall–Kier alpha value is -1.43. The fourth-order valence-corrected chi connectivity index (χ4v) is 2.56. The summed E-state index contributed by atoms with van der Waals surface area (Å²) in [6, 6.07) is 1.11. The summed E-state index contributed by atoms with van der Waals surface area (Å²) in [7, 11) is 0. The molecule has 1 saturated carbocycles. The molecule has 0 atom stereocenters. The van der Waals surface area contributed by atoms with Gasteiger partial charge < -0.3 is 10.3 Å². The van der Waals surface area contributed by atoms with Crippen molar-refractivity contribution in [1.29, 1.82) is 0 Å². The lowest BCUT2D eigenvalue weighted by Crippen LogP contribution is -2.34. The molecule has 1 aliphatic rings. The maximum Gasteiger partial charge on any atom is 0.178 e. The Morgan fingerprint density at radius 3 is 2.61 bits per heavy atom. The number of aromatic nitrogens is 1. The van der Waals surface area contributed by atoms with Crippen molar-refractivity contribution in [2.24, 2.45) is 5.84 Å². The van der Waals surface area contributed by atoms with Gasteiger partial charge in [0.05, 0.1) is 0 Å². The highest BCUT2D eigenvalue weighted by Crippen LogP contribution is 2.30. The quantitative estimate of drug-likeness (QED) is 0.641. The second-order valence-corrected chi connectivity index (χ2v) is 4.49. The molecule has 0 saturated heterocycles. The van der Waals surface area contributed by atoms with Crippen molar-refractivity contribution in [2.45, 2.75) is 38.6 Å². The van der Waals surface area contributed by atoms with Gasteiger partial charge in [-0.25, -0.2) is 19.6 Å². The largest absolute Gasteiger partial charge is 0.351 e. The van der Waals surface area contributed by atoms with Crippen LogP contribution in [0.25, 0.3) is 0 Å². The van der Waals surface area contributed by atoms with E-state index in [4.69, 9.17) is 5.84 Å². The Morgan fingerprint density at radius 1 is 1.39 bits per heavy atom. The first kappa shape index (κ1) is 13.0. The Bertz CT molecular complexity index is 419. The lowest BCUT2D eigenvalue weighted by atomic mass is 10.2. The zero-order valence-corrected chi connectivity index (χ0v) is 10.4. The first-order chi connectivity index (χ1) is 8.67. The lowest BCUT2D eigenvalue weighted by Gasteiger charge is -2.29. The van der Waals surface area contributed by atoms with Gasteiger partial charge in [-0.3, -0.25) is 0 Å². The number of pyridine rings is 1. The van der Waals surface area contributed by atoms with Crippen LogP contribution >= 0.6 is 0 Å². The van der Waals surface area contributed by atoms with E-state index in [0.717, 1.165) is 31.7 Å². The summed E-state index contributed by atoms with van der Waals surface area (Å²) < 4.78 is 27.2. The fraction of sp³-hybridized carbons (Fsp3) is 0.583. The van der Waals surface area contributed by atoms with Crippen LogP contribution in [0.15, 0.2) is 6.07 Å². The first-order valence-electron chi connectivity index (χ1n) is 6.26. The average molecular weight is 256 g/mol. The molecule has 18 heavy (non-hydrogen) atoms. The summed E-state index contributed by atoms with van der Waals surface area (Å²) >= 11 is 0. The van der Waals surface area contributed by atoms with Crippen LogP contribution in [-0.2, 0) is 0 Å². The Morgan fingerprint density at radius 2 is 2.06 bits per heavy atom. The van der Waals surface area contributed by atoms with Gasteiger partial charge in [-0.15, -0.1) is 0 Å². The van der Waals surface area contributed by atoms with Crippen LogP contribution in [0.5, 0.6) is 0 Å². The first-order valence-corrected chi connectivity index (χ1v) is 6.26. The second-order valence-electron chi connectivity index (χ2n) is 4.49. The lowest BCUT2D eigenvalue weighted by molar-refractivity contribution is 0.548. The number of halogens is 2. The Balaban J connectivity index is 2.34. The minimum atomic E-state index is -0.777. The maximum absolute atomic E-state index is 13.8. The van der Waals surface area contributed by atoms with E-state index in [1.54, 1.807) is 0 Å². The molecule has 1 aliphatic carbocycles. The third-order valence-corrected chi connectivity index (χ3v) is 3.43. The summed E-state index contributed by atoms with van der Waals surface area (Å²) in [5.41, 5.74) is 2.15. The molecule has 1 fully saturated rings. The Kier molecular flexibility index (Phi) is 3.96. The summed E-state index contributed by atoms with van der Waals surface area (Å²) in [6.45, 7) is 2.59. The van der Waals surface area contributed by atoms with Crippen molar-refractivity contribution >= 4 is 11.6 Å². The molecule has 1 aromatic heterocycles. The van der Waals surface area contributed by atoms with Gasteiger partial charge >= 0.3 is 0 Å². The standard InChI is InChI=1S/C12H18F2N4/c1-2-18(8-5-3-4-6-8)12-10(14)7-9(13)11(16-12)17-15/h7-8H,2-6,15H2,1H3,(H,16,17). The minimum absolute atomic E-state index is 0.122. The van der Waals surface area contributed by atoms with E-state index in [9.17, 15) is 8.78 Å². The average Bonchev–Trinajstić information content (AvgIpc) is 2.86. The van der Waals surface area contributed by atoms with E-state index >= 15 is 0 Å². The summed E-state index contributed by atoms with van der Waals surface area (Å²) in [5, 5.41) is 0. The van der Waals surface area contributed by atoms with Crippen LogP contribution in [0.2, 0.25) is 0 Å². The van der Waals surface area contributed by atoms with Crippen LogP contribution in [0, 0.1) is 11.6 Å². The molecule has 4 nitrogen and oxygen atoms in total. The van der Waals surface area contributed by atoms with Crippen LogP contribution in [0.4, 0.5) is 20.4 Å². The topological polar surface area (TPSA) is 54.2 Å². The van der Waals surface area contributed by atoms with Gasteiger partial charge in [-0.1, -0.05) is 12.8 Å². The van der Waals surface area contributed by atoms with E-state index < -0.39 is 11.6 Å². The Labute approximate surface area is 105 Å². The molecule has 100 valence electrons. The molecule has 0 radical (unpaired) electrons. The third-order valence-electron chi connectivity index (χ3n) is 3.43. The molecule has 0 bridgehead atoms. The van der Waals surface area contributed by atoms with E-state index in [0.29, 0.717) is 6.54 Å². The van der Waals surface area contributed by atoms with Crippen molar-refractivity contribution in [2.75, 3.05) is 16.9 Å². The molecule has 0 amide bonds. The van der Waals surface area contributed by atoms with Crippen LogP contribution in [0.3, 0.4) is 0 Å². The number of hydrogen-bond donors (Lipinski definition) is 2. The minimum Gasteiger partial charge on any atom is -0.351 e. The SMILES string of the molecule is CCN(c1nc(NN)c(F)cc1F)C1CCCC1. The molecule has 3 N–H and O–H groups in total. The number of nitrogens with two attached hydrogens (primary N) is 1. The number of rotatable bonds is 4. The molecule has 0 unspecified atom stereocenters. The number of nitrogens with one attached hydrogen (secondary N) is 1. The van der Waals surface area contributed by atoms with Gasteiger partial charge in [0, 0.05) is 18.7 Å². The van der Waals surface area contributed by atoms with Crippen LogP contribution < -0.4 is 16.2 Å². The van der Waals surface area contributed by atoms with Crippen molar-refractivity contribution in [1.82, 2.24) is 4.98 Å². The molecule has 0 aromatic carbocycles. The monoisotopic (exact) mass is 256 g/mol. The third kappa shape index (κ3) is 2.38. The zero-order chi connectivity index (χ0) is 13.1. The van der Waals surface area contributed by atoms with E-state index in [1.807, 2.05) is 11.8 Å². The summed E-state index contributed by atoms with van der Waals surface area (Å²) in [4.78, 5) is 5.84. The summed E-state index contributed by atoms with van der Waals surface area (Å²) in [6.07, 6.45) is 4.34. The van der Waals surface area contributed by atoms with Crippen LogP contribution in [0.1, 0.15) is 32.6 Å². The number of nitrogens with zero attached hydrogens (tertiary/aromatic N) is 2.